The molecule has 2 aromatic carbocycles. The molecular formula is C20H21N5O3. The van der Waals surface area contributed by atoms with Gasteiger partial charge in [0.2, 0.25) is 5.91 Å². The minimum Gasteiger partial charge on any atom is -0.366 e. The van der Waals surface area contributed by atoms with Gasteiger partial charge in [0, 0.05) is 25.1 Å². The molecule has 0 atom stereocenters. The SMILES string of the molecule is O=C(NCc1nc2ccccc2[nH]1)C1CCN(c2ccccc2[N+](=O)[O-])CC1. The largest absolute Gasteiger partial charge is 0.366 e. The molecule has 3 aromatic rings. The van der Waals surface area contributed by atoms with Crippen LogP contribution >= 0.6 is 0 Å². The molecule has 1 aliphatic heterocycles. The van der Waals surface area contributed by atoms with E-state index in [-0.39, 0.29) is 22.4 Å². The molecular weight excluding hydrogens is 358 g/mol. The van der Waals surface area contributed by atoms with Crippen LogP contribution in [0.15, 0.2) is 48.5 Å². The summed E-state index contributed by atoms with van der Waals surface area (Å²) in [6.45, 7) is 1.60. The van der Waals surface area contributed by atoms with Gasteiger partial charge in [-0.25, -0.2) is 4.98 Å². The van der Waals surface area contributed by atoms with Crippen LogP contribution in [0.4, 0.5) is 11.4 Å². The number of nitrogens with one attached hydrogen (secondary N) is 2. The van der Waals surface area contributed by atoms with Crippen LogP contribution in [0.5, 0.6) is 0 Å². The molecule has 0 spiro atoms. The van der Waals surface area contributed by atoms with Crippen molar-refractivity contribution in [2.24, 2.45) is 5.92 Å². The summed E-state index contributed by atoms with van der Waals surface area (Å²) >= 11 is 0. The fraction of sp³-hybridized carbons (Fsp3) is 0.300. The van der Waals surface area contributed by atoms with Gasteiger partial charge in [0.15, 0.2) is 0 Å². The molecule has 2 N–H and O–H groups in total. The first-order chi connectivity index (χ1) is 13.6. The lowest BCUT2D eigenvalue weighted by atomic mass is 9.95. The van der Waals surface area contributed by atoms with Crippen molar-refractivity contribution in [2.75, 3.05) is 18.0 Å². The fourth-order valence-corrected chi connectivity index (χ4v) is 3.67. The van der Waals surface area contributed by atoms with Gasteiger partial charge in [-0.05, 0) is 31.0 Å². The van der Waals surface area contributed by atoms with Gasteiger partial charge in [-0.15, -0.1) is 0 Å². The third-order valence-corrected chi connectivity index (χ3v) is 5.15. The number of benzene rings is 2. The quantitative estimate of drug-likeness (QED) is 0.524. The van der Waals surface area contributed by atoms with Crippen molar-refractivity contribution in [3.8, 4) is 0 Å². The van der Waals surface area contributed by atoms with E-state index in [2.05, 4.69) is 15.3 Å². The number of hydrogen-bond donors (Lipinski definition) is 2. The average molecular weight is 379 g/mol. The number of nitro groups is 1. The van der Waals surface area contributed by atoms with Crippen LogP contribution in [0.3, 0.4) is 0 Å². The number of piperidine rings is 1. The number of fused-ring (bicyclic) bond motifs is 1. The van der Waals surface area contributed by atoms with Gasteiger partial charge in [-0.3, -0.25) is 14.9 Å². The summed E-state index contributed by atoms with van der Waals surface area (Å²) in [7, 11) is 0. The number of anilines is 1. The Bertz CT molecular complexity index is 975. The summed E-state index contributed by atoms with van der Waals surface area (Å²) in [6.07, 6.45) is 1.33. The van der Waals surface area contributed by atoms with Crippen molar-refractivity contribution in [1.29, 1.82) is 0 Å². The highest BCUT2D eigenvalue weighted by Crippen LogP contribution is 2.31. The second-order valence-corrected chi connectivity index (χ2v) is 6.93. The van der Waals surface area contributed by atoms with E-state index in [0.717, 1.165) is 16.9 Å². The number of imidazole rings is 1. The molecule has 1 aliphatic rings. The van der Waals surface area contributed by atoms with Crippen LogP contribution < -0.4 is 10.2 Å². The van der Waals surface area contributed by atoms with Gasteiger partial charge >= 0.3 is 0 Å². The molecule has 0 radical (unpaired) electrons. The van der Waals surface area contributed by atoms with Gasteiger partial charge in [0.25, 0.3) is 5.69 Å². The predicted molar refractivity (Wildman–Crippen MR) is 106 cm³/mol. The van der Waals surface area contributed by atoms with Gasteiger partial charge in [0.05, 0.1) is 22.5 Å². The Morgan fingerprint density at radius 2 is 1.89 bits per heavy atom. The number of H-pyrrole nitrogens is 1. The van der Waals surface area contributed by atoms with E-state index in [9.17, 15) is 14.9 Å². The van der Waals surface area contributed by atoms with Crippen LogP contribution in [0.2, 0.25) is 0 Å². The molecule has 0 saturated carbocycles. The second kappa shape index (κ2) is 7.67. The van der Waals surface area contributed by atoms with Gasteiger partial charge in [0.1, 0.15) is 11.5 Å². The molecule has 4 rings (SSSR count). The number of aromatic nitrogens is 2. The monoisotopic (exact) mass is 379 g/mol. The van der Waals surface area contributed by atoms with Crippen LogP contribution in [-0.2, 0) is 11.3 Å². The van der Waals surface area contributed by atoms with E-state index in [4.69, 9.17) is 0 Å². The van der Waals surface area contributed by atoms with E-state index in [1.165, 1.54) is 6.07 Å². The summed E-state index contributed by atoms with van der Waals surface area (Å²) in [5.41, 5.74) is 2.55. The summed E-state index contributed by atoms with van der Waals surface area (Å²) in [5.74, 6) is 0.637. The number of rotatable bonds is 5. The number of hydrogen-bond acceptors (Lipinski definition) is 5. The van der Waals surface area contributed by atoms with Crippen LogP contribution in [0.1, 0.15) is 18.7 Å². The minimum absolute atomic E-state index is 0.00247. The van der Waals surface area contributed by atoms with E-state index in [1.807, 2.05) is 29.2 Å². The summed E-state index contributed by atoms with van der Waals surface area (Å²) in [6, 6.07) is 14.5. The van der Waals surface area contributed by atoms with Crippen molar-refractivity contribution in [2.45, 2.75) is 19.4 Å². The number of aromatic amines is 1. The molecule has 28 heavy (non-hydrogen) atoms. The van der Waals surface area contributed by atoms with E-state index < -0.39 is 0 Å². The zero-order valence-corrected chi connectivity index (χ0v) is 15.3. The lowest BCUT2D eigenvalue weighted by molar-refractivity contribution is -0.384. The van der Waals surface area contributed by atoms with Gasteiger partial charge in [-0.2, -0.15) is 0 Å². The normalized spacial score (nSPS) is 14.9. The third-order valence-electron chi connectivity index (χ3n) is 5.15. The van der Waals surface area contributed by atoms with Gasteiger partial charge in [-0.1, -0.05) is 24.3 Å². The Labute approximate surface area is 161 Å². The third kappa shape index (κ3) is 3.66. The van der Waals surface area contributed by atoms with Gasteiger partial charge < -0.3 is 15.2 Å². The van der Waals surface area contributed by atoms with Crippen LogP contribution in [0.25, 0.3) is 11.0 Å². The molecule has 2 heterocycles. The van der Waals surface area contributed by atoms with Crippen molar-refractivity contribution in [1.82, 2.24) is 15.3 Å². The Morgan fingerprint density at radius 3 is 2.64 bits per heavy atom. The Kier molecular flexibility index (Phi) is 4.92. The number of amides is 1. The van der Waals surface area contributed by atoms with Crippen LogP contribution in [-0.4, -0.2) is 33.9 Å². The van der Waals surface area contributed by atoms with Crippen LogP contribution in [0, 0.1) is 16.0 Å². The zero-order chi connectivity index (χ0) is 19.5. The van der Waals surface area contributed by atoms with E-state index in [1.54, 1.807) is 18.2 Å². The maximum absolute atomic E-state index is 12.5. The highest BCUT2D eigenvalue weighted by molar-refractivity contribution is 5.79. The molecule has 0 unspecified atom stereocenters. The minimum atomic E-state index is -0.360. The second-order valence-electron chi connectivity index (χ2n) is 6.93. The van der Waals surface area contributed by atoms with E-state index >= 15 is 0 Å². The maximum atomic E-state index is 12.5. The number of para-hydroxylation sites is 4. The zero-order valence-electron chi connectivity index (χ0n) is 15.3. The number of nitro benzene ring substituents is 1. The summed E-state index contributed by atoms with van der Waals surface area (Å²) < 4.78 is 0. The average Bonchev–Trinajstić information content (AvgIpc) is 3.15. The van der Waals surface area contributed by atoms with E-state index in [0.29, 0.717) is 38.2 Å². The summed E-state index contributed by atoms with van der Waals surface area (Å²) in [4.78, 5) is 33.0. The highest BCUT2D eigenvalue weighted by atomic mass is 16.6. The molecule has 1 fully saturated rings. The molecule has 8 heteroatoms. The first-order valence-electron chi connectivity index (χ1n) is 9.31. The Morgan fingerprint density at radius 1 is 1.18 bits per heavy atom. The number of carbonyl (C=O) groups is 1. The van der Waals surface area contributed by atoms with Crippen molar-refractivity contribution in [3.05, 3.63) is 64.5 Å². The standard InChI is InChI=1S/C20H21N5O3/c26-20(21-13-19-22-15-5-1-2-6-16(15)23-19)14-9-11-24(12-10-14)17-7-3-4-8-18(17)25(27)28/h1-8,14H,9-13H2,(H,21,26)(H,22,23). The maximum Gasteiger partial charge on any atom is 0.292 e. The number of nitrogens with zero attached hydrogens (tertiary/aromatic N) is 3. The molecule has 1 aromatic heterocycles. The molecule has 1 saturated heterocycles. The molecule has 1 amide bonds. The molecule has 0 bridgehead atoms. The van der Waals surface area contributed by atoms with Crippen molar-refractivity contribution >= 4 is 28.3 Å². The highest BCUT2D eigenvalue weighted by Gasteiger charge is 2.28. The lowest BCUT2D eigenvalue weighted by Gasteiger charge is -2.32. The Hall–Kier alpha value is -3.42. The van der Waals surface area contributed by atoms with Crippen molar-refractivity contribution in [3.63, 3.8) is 0 Å². The Balaban J connectivity index is 1.33. The smallest absolute Gasteiger partial charge is 0.292 e. The first kappa shape index (κ1) is 18.0. The summed E-state index contributed by atoms with van der Waals surface area (Å²) in [5, 5.41) is 14.2. The molecule has 144 valence electrons. The van der Waals surface area contributed by atoms with Crippen molar-refractivity contribution < 1.29 is 9.72 Å². The lowest BCUT2D eigenvalue weighted by Crippen LogP contribution is -2.40. The topological polar surface area (TPSA) is 104 Å². The molecule has 0 aliphatic carbocycles. The molecule has 8 nitrogen and oxygen atoms in total. The first-order valence-corrected chi connectivity index (χ1v) is 9.31. The fourth-order valence-electron chi connectivity index (χ4n) is 3.67. The predicted octanol–water partition coefficient (Wildman–Crippen LogP) is 3.00. The number of carbonyl (C=O) groups excluding carboxylic acids is 1.